The summed E-state index contributed by atoms with van der Waals surface area (Å²) in [6.45, 7) is 2.25. The average molecular weight is 226 g/mol. The fraction of sp³-hybridized carbons (Fsp3) is 0.917. The Balaban J connectivity index is 2.04. The molecular weight excluding hydrogens is 204 g/mol. The van der Waals surface area contributed by atoms with E-state index >= 15 is 0 Å². The Morgan fingerprint density at radius 2 is 2.38 bits per heavy atom. The number of fused-ring (bicyclic) bond motifs is 1. The Morgan fingerprint density at radius 1 is 1.56 bits per heavy atom. The lowest BCUT2D eigenvalue weighted by molar-refractivity contribution is -0.129. The van der Waals surface area contributed by atoms with Gasteiger partial charge in [0.15, 0.2) is 0 Å². The van der Waals surface area contributed by atoms with Gasteiger partial charge in [0.1, 0.15) is 0 Å². The van der Waals surface area contributed by atoms with Gasteiger partial charge < -0.3 is 15.3 Å². The van der Waals surface area contributed by atoms with E-state index in [0.717, 1.165) is 19.5 Å². The summed E-state index contributed by atoms with van der Waals surface area (Å²) in [7, 11) is 1.79. The van der Waals surface area contributed by atoms with Gasteiger partial charge in [-0.05, 0) is 25.8 Å². The summed E-state index contributed by atoms with van der Waals surface area (Å²) in [5, 5.41) is 12.5. The van der Waals surface area contributed by atoms with Gasteiger partial charge in [-0.3, -0.25) is 4.79 Å². The van der Waals surface area contributed by atoms with Crippen molar-refractivity contribution in [1.82, 2.24) is 10.2 Å². The molecule has 0 bridgehead atoms. The van der Waals surface area contributed by atoms with Crippen LogP contribution in [0.1, 0.15) is 25.7 Å². The number of carbonyl (C=O) groups excluding carboxylic acids is 1. The minimum atomic E-state index is 0.0155. The number of aliphatic hydroxyl groups excluding tert-OH is 1. The summed E-state index contributed by atoms with van der Waals surface area (Å²) >= 11 is 0. The minimum Gasteiger partial charge on any atom is -0.396 e. The van der Waals surface area contributed by atoms with Crippen LogP contribution in [0.15, 0.2) is 0 Å². The Hall–Kier alpha value is -0.610. The van der Waals surface area contributed by atoms with Crippen molar-refractivity contribution >= 4 is 5.91 Å². The Kier molecular flexibility index (Phi) is 3.50. The molecule has 0 radical (unpaired) electrons. The zero-order valence-corrected chi connectivity index (χ0v) is 10.0. The maximum Gasteiger partial charge on any atom is 0.236 e. The molecule has 0 aromatic heterocycles. The van der Waals surface area contributed by atoms with E-state index in [1.54, 1.807) is 7.05 Å². The number of carbonyl (C=O) groups is 1. The normalized spacial score (nSPS) is 33.9. The first-order valence-corrected chi connectivity index (χ1v) is 6.25. The molecular formula is C12H22N2O2. The van der Waals surface area contributed by atoms with Crippen LogP contribution in [0.4, 0.5) is 0 Å². The summed E-state index contributed by atoms with van der Waals surface area (Å²) < 4.78 is 0. The summed E-state index contributed by atoms with van der Waals surface area (Å²) in [5.74, 6) is 0.691. The average Bonchev–Trinajstić information content (AvgIpc) is 2.69. The number of rotatable bonds is 3. The topological polar surface area (TPSA) is 52.6 Å². The molecule has 4 heteroatoms. The lowest BCUT2D eigenvalue weighted by Gasteiger charge is -2.36. The number of hydrogen-bond acceptors (Lipinski definition) is 3. The summed E-state index contributed by atoms with van der Waals surface area (Å²) in [4.78, 5) is 13.8. The zero-order chi connectivity index (χ0) is 11.6. The van der Waals surface area contributed by atoms with Crippen LogP contribution in [0.3, 0.4) is 0 Å². The lowest BCUT2D eigenvalue weighted by Crippen LogP contribution is -2.39. The molecule has 0 aromatic rings. The van der Waals surface area contributed by atoms with Gasteiger partial charge in [-0.2, -0.15) is 0 Å². The fourth-order valence-electron chi connectivity index (χ4n) is 3.29. The summed E-state index contributed by atoms with van der Waals surface area (Å²) in [5.41, 5.74) is 0.0155. The molecule has 2 atom stereocenters. The molecule has 1 aliphatic heterocycles. The van der Waals surface area contributed by atoms with Crippen molar-refractivity contribution < 1.29 is 9.90 Å². The predicted molar refractivity (Wildman–Crippen MR) is 62.0 cm³/mol. The predicted octanol–water partition coefficient (Wildman–Crippen LogP) is 0.217. The molecule has 2 N–H and O–H groups in total. The standard InChI is InChI=1S/C12H22N2O2/c1-13-6-11(16)14-7-10-4-2-3-5-12(10,8-14)9-15/h10,13,15H,2-9H2,1H3. The molecule has 1 aliphatic carbocycles. The summed E-state index contributed by atoms with van der Waals surface area (Å²) in [6, 6.07) is 0. The van der Waals surface area contributed by atoms with Crippen LogP contribution >= 0.6 is 0 Å². The number of nitrogens with zero attached hydrogens (tertiary/aromatic N) is 1. The first-order valence-electron chi connectivity index (χ1n) is 6.25. The number of aliphatic hydroxyl groups is 1. The van der Waals surface area contributed by atoms with E-state index in [1.807, 2.05) is 4.90 Å². The zero-order valence-electron chi connectivity index (χ0n) is 10.0. The van der Waals surface area contributed by atoms with Gasteiger partial charge in [-0.1, -0.05) is 12.8 Å². The van der Waals surface area contributed by atoms with Gasteiger partial charge in [-0.25, -0.2) is 0 Å². The molecule has 16 heavy (non-hydrogen) atoms. The van der Waals surface area contributed by atoms with Crippen LogP contribution in [0.25, 0.3) is 0 Å². The van der Waals surface area contributed by atoms with Crippen LogP contribution in [-0.4, -0.2) is 49.2 Å². The number of likely N-dealkylation sites (N-methyl/N-ethyl adjacent to an activating group) is 1. The lowest BCUT2D eigenvalue weighted by atomic mass is 9.69. The van der Waals surface area contributed by atoms with Crippen molar-refractivity contribution in [3.05, 3.63) is 0 Å². The molecule has 2 unspecified atom stereocenters. The van der Waals surface area contributed by atoms with Crippen molar-refractivity contribution in [1.29, 1.82) is 0 Å². The van der Waals surface area contributed by atoms with Crippen molar-refractivity contribution in [2.24, 2.45) is 11.3 Å². The van der Waals surface area contributed by atoms with Gasteiger partial charge in [0.25, 0.3) is 0 Å². The van der Waals surface area contributed by atoms with Crippen molar-refractivity contribution in [2.75, 3.05) is 33.3 Å². The fourth-order valence-corrected chi connectivity index (χ4v) is 3.29. The van der Waals surface area contributed by atoms with Gasteiger partial charge in [0, 0.05) is 18.5 Å². The Labute approximate surface area is 97.0 Å². The van der Waals surface area contributed by atoms with Crippen molar-refractivity contribution in [2.45, 2.75) is 25.7 Å². The van der Waals surface area contributed by atoms with E-state index in [1.165, 1.54) is 19.3 Å². The smallest absolute Gasteiger partial charge is 0.236 e. The molecule has 1 saturated heterocycles. The van der Waals surface area contributed by atoms with Gasteiger partial charge in [0.05, 0.1) is 13.2 Å². The van der Waals surface area contributed by atoms with Crippen LogP contribution < -0.4 is 5.32 Å². The number of nitrogens with one attached hydrogen (secondary N) is 1. The maximum absolute atomic E-state index is 11.8. The first kappa shape index (κ1) is 11.9. The minimum absolute atomic E-state index is 0.0155. The van der Waals surface area contributed by atoms with Crippen LogP contribution in [0.5, 0.6) is 0 Å². The summed E-state index contributed by atoms with van der Waals surface area (Å²) in [6.07, 6.45) is 4.70. The van der Waals surface area contributed by atoms with Crippen molar-refractivity contribution in [3.63, 3.8) is 0 Å². The van der Waals surface area contributed by atoms with Crippen molar-refractivity contribution in [3.8, 4) is 0 Å². The molecule has 0 spiro atoms. The van der Waals surface area contributed by atoms with Gasteiger partial charge in [0.2, 0.25) is 5.91 Å². The Morgan fingerprint density at radius 3 is 3.00 bits per heavy atom. The van der Waals surface area contributed by atoms with Gasteiger partial charge >= 0.3 is 0 Å². The largest absolute Gasteiger partial charge is 0.396 e. The number of amides is 1. The Bertz CT molecular complexity index is 270. The molecule has 0 aromatic carbocycles. The third kappa shape index (κ3) is 1.96. The maximum atomic E-state index is 11.8. The molecule has 4 nitrogen and oxygen atoms in total. The first-order chi connectivity index (χ1) is 7.72. The van der Waals surface area contributed by atoms with E-state index in [9.17, 15) is 9.90 Å². The van der Waals surface area contributed by atoms with Crippen LogP contribution in [0.2, 0.25) is 0 Å². The molecule has 1 saturated carbocycles. The highest BCUT2D eigenvalue weighted by atomic mass is 16.3. The van der Waals surface area contributed by atoms with Gasteiger partial charge in [-0.15, -0.1) is 0 Å². The van der Waals surface area contributed by atoms with E-state index in [4.69, 9.17) is 0 Å². The quantitative estimate of drug-likeness (QED) is 0.723. The monoisotopic (exact) mass is 226 g/mol. The molecule has 1 amide bonds. The van der Waals surface area contributed by atoms with E-state index in [0.29, 0.717) is 12.5 Å². The molecule has 2 rings (SSSR count). The van der Waals surface area contributed by atoms with Crippen LogP contribution in [-0.2, 0) is 4.79 Å². The molecule has 2 aliphatic rings. The SMILES string of the molecule is CNCC(=O)N1CC2CCCCC2(CO)C1. The highest BCUT2D eigenvalue weighted by molar-refractivity contribution is 5.78. The van der Waals surface area contributed by atoms with Crippen LogP contribution in [0, 0.1) is 11.3 Å². The van der Waals surface area contributed by atoms with E-state index < -0.39 is 0 Å². The second-order valence-corrected chi connectivity index (χ2v) is 5.27. The third-order valence-electron chi connectivity index (χ3n) is 4.29. The van der Waals surface area contributed by atoms with E-state index in [-0.39, 0.29) is 17.9 Å². The molecule has 1 heterocycles. The molecule has 2 fully saturated rings. The second-order valence-electron chi connectivity index (χ2n) is 5.27. The number of likely N-dealkylation sites (tertiary alicyclic amines) is 1. The third-order valence-corrected chi connectivity index (χ3v) is 4.29. The van der Waals surface area contributed by atoms with E-state index in [2.05, 4.69) is 5.32 Å². The highest BCUT2D eigenvalue weighted by Crippen LogP contribution is 2.46. The molecule has 92 valence electrons. The second kappa shape index (κ2) is 4.72. The highest BCUT2D eigenvalue weighted by Gasteiger charge is 2.48. The number of hydrogen-bond donors (Lipinski definition) is 2.